The monoisotopic (exact) mass is 261 g/mol. The van der Waals surface area contributed by atoms with Crippen LogP contribution in [0.4, 0.5) is 5.82 Å². The molecule has 0 saturated heterocycles. The second-order valence-electron chi connectivity index (χ2n) is 6.24. The highest BCUT2D eigenvalue weighted by molar-refractivity contribution is 5.31. The van der Waals surface area contributed by atoms with Crippen molar-refractivity contribution in [1.29, 1.82) is 0 Å². The van der Waals surface area contributed by atoms with Crippen LogP contribution in [0.5, 0.6) is 0 Å². The smallest absolute Gasteiger partial charge is 0.293 e. The Morgan fingerprint density at radius 3 is 2.95 bits per heavy atom. The van der Waals surface area contributed by atoms with Crippen molar-refractivity contribution in [3.63, 3.8) is 0 Å². The van der Waals surface area contributed by atoms with E-state index in [1.165, 1.54) is 25.7 Å². The molecule has 2 aliphatic rings. The van der Waals surface area contributed by atoms with E-state index in [4.69, 9.17) is 0 Å². The van der Waals surface area contributed by atoms with Gasteiger partial charge < -0.3 is 9.88 Å². The lowest BCUT2D eigenvalue weighted by Crippen LogP contribution is -2.27. The fourth-order valence-electron chi connectivity index (χ4n) is 3.17. The third-order valence-electron chi connectivity index (χ3n) is 4.41. The first-order valence-corrected chi connectivity index (χ1v) is 7.55. The molecule has 1 N–H and O–H groups in total. The zero-order valence-corrected chi connectivity index (χ0v) is 11.6. The van der Waals surface area contributed by atoms with Crippen molar-refractivity contribution in [3.8, 4) is 0 Å². The highest BCUT2D eigenvalue weighted by Crippen LogP contribution is 2.33. The van der Waals surface area contributed by atoms with Crippen molar-refractivity contribution < 1.29 is 0 Å². The van der Waals surface area contributed by atoms with Gasteiger partial charge in [0.2, 0.25) is 0 Å². The Bertz CT molecular complexity index is 492. The maximum absolute atomic E-state index is 12.2. The molecule has 0 aliphatic heterocycles. The van der Waals surface area contributed by atoms with E-state index in [9.17, 15) is 4.79 Å². The van der Waals surface area contributed by atoms with Gasteiger partial charge in [-0.15, -0.1) is 0 Å². The summed E-state index contributed by atoms with van der Waals surface area (Å²) < 4.78 is 1.83. The number of hydrogen-bond donors (Lipinski definition) is 1. The molecular weight excluding hydrogens is 238 g/mol. The molecule has 0 amide bonds. The molecule has 1 aromatic rings. The van der Waals surface area contributed by atoms with Gasteiger partial charge in [-0.2, -0.15) is 0 Å². The summed E-state index contributed by atoms with van der Waals surface area (Å²) >= 11 is 0. The van der Waals surface area contributed by atoms with Gasteiger partial charge in [-0.25, -0.2) is 4.98 Å². The summed E-state index contributed by atoms with van der Waals surface area (Å²) in [6, 6.07) is 0.422. The normalized spacial score (nSPS) is 27.2. The van der Waals surface area contributed by atoms with Crippen molar-refractivity contribution in [2.75, 3.05) is 11.9 Å². The number of hydrogen-bond acceptors (Lipinski definition) is 3. The van der Waals surface area contributed by atoms with Crippen LogP contribution in [0.25, 0.3) is 0 Å². The Hall–Kier alpha value is -1.32. The molecule has 19 heavy (non-hydrogen) atoms. The van der Waals surface area contributed by atoms with E-state index in [0.29, 0.717) is 17.8 Å². The SMILES string of the molecule is CC1CCCC(CNc2nccn(C3CC3)c2=O)C1. The van der Waals surface area contributed by atoms with E-state index in [1.54, 1.807) is 6.20 Å². The first-order valence-electron chi connectivity index (χ1n) is 7.55. The fourth-order valence-corrected chi connectivity index (χ4v) is 3.17. The lowest BCUT2D eigenvalue weighted by Gasteiger charge is -2.26. The van der Waals surface area contributed by atoms with E-state index in [0.717, 1.165) is 25.3 Å². The highest BCUT2D eigenvalue weighted by Gasteiger charge is 2.25. The van der Waals surface area contributed by atoms with E-state index in [-0.39, 0.29) is 5.56 Å². The van der Waals surface area contributed by atoms with E-state index < -0.39 is 0 Å². The molecular formula is C15H23N3O. The fraction of sp³-hybridized carbons (Fsp3) is 0.733. The molecule has 2 atom stereocenters. The minimum Gasteiger partial charge on any atom is -0.365 e. The van der Waals surface area contributed by atoms with Gasteiger partial charge in [0.1, 0.15) is 0 Å². The molecule has 104 valence electrons. The predicted molar refractivity (Wildman–Crippen MR) is 76.4 cm³/mol. The first-order chi connectivity index (χ1) is 9.24. The maximum atomic E-state index is 12.2. The molecule has 2 unspecified atom stereocenters. The van der Waals surface area contributed by atoms with Gasteiger partial charge in [-0.3, -0.25) is 4.79 Å². The summed E-state index contributed by atoms with van der Waals surface area (Å²) in [6.45, 7) is 3.22. The molecule has 4 nitrogen and oxygen atoms in total. The van der Waals surface area contributed by atoms with Gasteiger partial charge in [0, 0.05) is 25.0 Å². The molecule has 2 aliphatic carbocycles. The molecule has 1 aromatic heterocycles. The second kappa shape index (κ2) is 5.35. The summed E-state index contributed by atoms with van der Waals surface area (Å²) in [5.41, 5.74) is 0.0499. The van der Waals surface area contributed by atoms with E-state index >= 15 is 0 Å². The van der Waals surface area contributed by atoms with Gasteiger partial charge in [0.15, 0.2) is 5.82 Å². The standard InChI is InChI=1S/C15H23N3O/c1-11-3-2-4-12(9-11)10-17-14-15(19)18(8-7-16-14)13-5-6-13/h7-8,11-13H,2-6,9-10H2,1H3,(H,16,17). The molecule has 3 rings (SSSR count). The average Bonchev–Trinajstić information content (AvgIpc) is 3.22. The van der Waals surface area contributed by atoms with Gasteiger partial charge >= 0.3 is 0 Å². The number of rotatable bonds is 4. The molecule has 0 radical (unpaired) electrons. The number of nitrogens with one attached hydrogen (secondary N) is 1. The van der Waals surface area contributed by atoms with Crippen LogP contribution < -0.4 is 10.9 Å². The quantitative estimate of drug-likeness (QED) is 0.906. The van der Waals surface area contributed by atoms with Crippen molar-refractivity contribution in [3.05, 3.63) is 22.7 Å². The third-order valence-corrected chi connectivity index (χ3v) is 4.41. The van der Waals surface area contributed by atoms with Crippen LogP contribution >= 0.6 is 0 Å². The lowest BCUT2D eigenvalue weighted by molar-refractivity contribution is 0.293. The Morgan fingerprint density at radius 1 is 1.37 bits per heavy atom. The topological polar surface area (TPSA) is 46.9 Å². The van der Waals surface area contributed by atoms with Crippen LogP contribution in [0.15, 0.2) is 17.2 Å². The van der Waals surface area contributed by atoms with Crippen LogP contribution in [-0.4, -0.2) is 16.1 Å². The Morgan fingerprint density at radius 2 is 2.21 bits per heavy atom. The van der Waals surface area contributed by atoms with Crippen LogP contribution in [0.3, 0.4) is 0 Å². The molecule has 2 saturated carbocycles. The second-order valence-corrected chi connectivity index (χ2v) is 6.24. The van der Waals surface area contributed by atoms with Crippen molar-refractivity contribution >= 4 is 5.82 Å². The van der Waals surface area contributed by atoms with Gasteiger partial charge in [0.05, 0.1) is 0 Å². The Kier molecular flexibility index (Phi) is 3.58. The molecule has 1 heterocycles. The van der Waals surface area contributed by atoms with Crippen LogP contribution in [0, 0.1) is 11.8 Å². The van der Waals surface area contributed by atoms with Gasteiger partial charge in [-0.05, 0) is 37.5 Å². The molecule has 4 heteroatoms. The minimum absolute atomic E-state index is 0.0499. The number of anilines is 1. The maximum Gasteiger partial charge on any atom is 0.293 e. The highest BCUT2D eigenvalue weighted by atomic mass is 16.1. The summed E-state index contributed by atoms with van der Waals surface area (Å²) in [4.78, 5) is 16.4. The lowest BCUT2D eigenvalue weighted by atomic mass is 9.82. The van der Waals surface area contributed by atoms with E-state index in [1.807, 2.05) is 10.8 Å². The Labute approximate surface area is 114 Å². The van der Waals surface area contributed by atoms with Crippen molar-refractivity contribution in [2.45, 2.75) is 51.5 Å². The first kappa shape index (κ1) is 12.7. The number of nitrogens with zero attached hydrogens (tertiary/aromatic N) is 2. The summed E-state index contributed by atoms with van der Waals surface area (Å²) in [7, 11) is 0. The molecule has 0 bridgehead atoms. The molecule has 2 fully saturated rings. The van der Waals surface area contributed by atoms with E-state index in [2.05, 4.69) is 17.2 Å². The molecule has 0 aromatic carbocycles. The number of aromatic nitrogens is 2. The summed E-state index contributed by atoms with van der Waals surface area (Å²) in [6.07, 6.45) is 11.0. The Balaban J connectivity index is 1.63. The van der Waals surface area contributed by atoms with Gasteiger partial charge in [-0.1, -0.05) is 19.8 Å². The summed E-state index contributed by atoms with van der Waals surface area (Å²) in [5, 5.41) is 3.28. The minimum atomic E-state index is 0.0499. The van der Waals surface area contributed by atoms with Crippen LogP contribution in [-0.2, 0) is 0 Å². The summed E-state index contributed by atoms with van der Waals surface area (Å²) in [5.74, 6) is 2.06. The van der Waals surface area contributed by atoms with Gasteiger partial charge in [0.25, 0.3) is 5.56 Å². The zero-order chi connectivity index (χ0) is 13.2. The zero-order valence-electron chi connectivity index (χ0n) is 11.6. The van der Waals surface area contributed by atoms with Crippen LogP contribution in [0.2, 0.25) is 0 Å². The van der Waals surface area contributed by atoms with Crippen LogP contribution in [0.1, 0.15) is 51.5 Å². The third kappa shape index (κ3) is 2.99. The predicted octanol–water partition coefficient (Wildman–Crippen LogP) is 2.82. The molecule has 0 spiro atoms. The van der Waals surface area contributed by atoms with Crippen molar-refractivity contribution in [2.24, 2.45) is 11.8 Å². The largest absolute Gasteiger partial charge is 0.365 e. The average molecular weight is 261 g/mol. The van der Waals surface area contributed by atoms with Crippen molar-refractivity contribution in [1.82, 2.24) is 9.55 Å².